The van der Waals surface area contributed by atoms with E-state index >= 15 is 0 Å². The molecule has 4 nitrogen and oxygen atoms in total. The Bertz CT molecular complexity index is 585. The number of rotatable bonds is 4. The minimum absolute atomic E-state index is 0.0148. The molecule has 1 heterocycles. The van der Waals surface area contributed by atoms with Gasteiger partial charge in [-0.25, -0.2) is 0 Å². The molecule has 0 radical (unpaired) electrons. The maximum Gasteiger partial charge on any atom is 0.227 e. The lowest BCUT2D eigenvalue weighted by atomic mass is 9.95. The predicted octanol–water partition coefficient (Wildman–Crippen LogP) is 3.40. The summed E-state index contributed by atoms with van der Waals surface area (Å²) < 4.78 is 0. The first-order valence-corrected chi connectivity index (χ1v) is 8.74. The number of carbonyl (C=O) groups is 2. The zero-order valence-electron chi connectivity index (χ0n) is 14.0. The minimum atomic E-state index is 0.0148. The summed E-state index contributed by atoms with van der Waals surface area (Å²) in [6.07, 6.45) is 3.64. The zero-order chi connectivity index (χ0) is 16.4. The smallest absolute Gasteiger partial charge is 0.227 e. The predicted molar refractivity (Wildman–Crippen MR) is 91.2 cm³/mol. The fourth-order valence-corrected chi connectivity index (χ4v) is 3.17. The third-order valence-corrected chi connectivity index (χ3v) is 4.92. The Kier molecular flexibility index (Phi) is 4.69. The molecule has 1 aliphatic heterocycles. The Labute approximate surface area is 138 Å². The highest BCUT2D eigenvalue weighted by atomic mass is 16.2. The zero-order valence-corrected chi connectivity index (χ0v) is 14.0. The number of nitrogens with zero attached hydrogens (tertiary/aromatic N) is 1. The van der Waals surface area contributed by atoms with Crippen molar-refractivity contribution in [2.45, 2.75) is 45.4 Å². The largest absolute Gasteiger partial charge is 0.342 e. The second-order valence-corrected chi connectivity index (χ2v) is 7.14. The Morgan fingerprint density at radius 1 is 1.09 bits per heavy atom. The topological polar surface area (TPSA) is 49.4 Å². The Balaban J connectivity index is 1.53. The molecule has 0 unspecified atom stereocenters. The van der Waals surface area contributed by atoms with Gasteiger partial charge in [0.05, 0.1) is 0 Å². The van der Waals surface area contributed by atoms with Gasteiger partial charge in [0.1, 0.15) is 0 Å². The van der Waals surface area contributed by atoms with E-state index in [0.29, 0.717) is 11.8 Å². The maximum atomic E-state index is 12.5. The molecular weight excluding hydrogens is 288 g/mol. The monoisotopic (exact) mass is 314 g/mol. The molecule has 1 aromatic carbocycles. The van der Waals surface area contributed by atoms with Gasteiger partial charge in [-0.15, -0.1) is 0 Å². The molecule has 0 aromatic heterocycles. The maximum absolute atomic E-state index is 12.5. The summed E-state index contributed by atoms with van der Waals surface area (Å²) in [5, 5.41) is 3.04. The van der Waals surface area contributed by atoms with Gasteiger partial charge in [0.15, 0.2) is 0 Å². The minimum Gasteiger partial charge on any atom is -0.342 e. The molecule has 0 atom stereocenters. The fourth-order valence-electron chi connectivity index (χ4n) is 3.17. The number of piperidine rings is 1. The Hall–Kier alpha value is -1.84. The summed E-state index contributed by atoms with van der Waals surface area (Å²) in [5.74, 6) is 1.13. The molecular formula is C19H26N2O2. The molecule has 1 saturated heterocycles. The van der Waals surface area contributed by atoms with Crippen LogP contribution in [0.1, 0.15) is 51.0 Å². The second-order valence-electron chi connectivity index (χ2n) is 7.14. The van der Waals surface area contributed by atoms with Gasteiger partial charge < -0.3 is 10.2 Å². The van der Waals surface area contributed by atoms with Crippen molar-refractivity contribution in [3.63, 3.8) is 0 Å². The molecule has 23 heavy (non-hydrogen) atoms. The average molecular weight is 314 g/mol. The van der Waals surface area contributed by atoms with Crippen molar-refractivity contribution in [1.82, 2.24) is 4.90 Å². The summed E-state index contributed by atoms with van der Waals surface area (Å²) in [6, 6.07) is 8.06. The van der Waals surface area contributed by atoms with Crippen molar-refractivity contribution in [3.05, 3.63) is 29.8 Å². The highest BCUT2D eigenvalue weighted by molar-refractivity contribution is 5.93. The summed E-state index contributed by atoms with van der Waals surface area (Å²) in [5.41, 5.74) is 2.10. The van der Waals surface area contributed by atoms with E-state index in [-0.39, 0.29) is 17.7 Å². The number of amides is 2. The molecule has 1 saturated carbocycles. The highest BCUT2D eigenvalue weighted by Gasteiger charge is 2.35. The van der Waals surface area contributed by atoms with Crippen LogP contribution < -0.4 is 5.32 Å². The van der Waals surface area contributed by atoms with Crippen LogP contribution in [0.15, 0.2) is 24.3 Å². The third-order valence-electron chi connectivity index (χ3n) is 4.92. The van der Waals surface area contributed by atoms with Crippen molar-refractivity contribution < 1.29 is 9.59 Å². The normalized spacial score (nSPS) is 19.0. The molecule has 2 aliphatic rings. The Morgan fingerprint density at radius 3 is 2.39 bits per heavy atom. The first-order chi connectivity index (χ1) is 11.0. The van der Waals surface area contributed by atoms with Crippen molar-refractivity contribution in [3.8, 4) is 0 Å². The molecule has 2 amide bonds. The number of anilines is 1. The fraction of sp³-hybridized carbons (Fsp3) is 0.579. The number of benzene rings is 1. The first kappa shape index (κ1) is 16.0. The second kappa shape index (κ2) is 6.73. The Morgan fingerprint density at radius 2 is 1.78 bits per heavy atom. The van der Waals surface area contributed by atoms with Crippen LogP contribution in [0.25, 0.3) is 0 Å². The van der Waals surface area contributed by atoms with E-state index in [1.807, 2.05) is 23.1 Å². The molecule has 0 bridgehead atoms. The van der Waals surface area contributed by atoms with Gasteiger partial charge in [-0.3, -0.25) is 9.59 Å². The third kappa shape index (κ3) is 3.92. The first-order valence-electron chi connectivity index (χ1n) is 8.74. The van der Waals surface area contributed by atoms with Gasteiger partial charge in [0, 0.05) is 30.6 Å². The van der Waals surface area contributed by atoms with Gasteiger partial charge in [-0.05, 0) is 49.3 Å². The number of likely N-dealkylation sites (tertiary alicyclic amines) is 1. The average Bonchev–Trinajstić information content (AvgIpc) is 3.39. The van der Waals surface area contributed by atoms with Crippen LogP contribution in [-0.2, 0) is 9.59 Å². The van der Waals surface area contributed by atoms with Gasteiger partial charge in [-0.2, -0.15) is 0 Å². The van der Waals surface area contributed by atoms with Crippen LogP contribution >= 0.6 is 0 Å². The lowest BCUT2D eigenvalue weighted by Crippen LogP contribution is -2.42. The van der Waals surface area contributed by atoms with Crippen LogP contribution in [0.3, 0.4) is 0 Å². The van der Waals surface area contributed by atoms with Crippen molar-refractivity contribution in [2.75, 3.05) is 18.4 Å². The van der Waals surface area contributed by atoms with Crippen LogP contribution in [0.5, 0.6) is 0 Å². The van der Waals surface area contributed by atoms with E-state index in [0.717, 1.165) is 44.5 Å². The summed E-state index contributed by atoms with van der Waals surface area (Å²) in [6.45, 7) is 5.74. The molecule has 3 rings (SSSR count). The van der Waals surface area contributed by atoms with Gasteiger partial charge in [0.25, 0.3) is 0 Å². The number of nitrogens with one attached hydrogen (secondary N) is 1. The quantitative estimate of drug-likeness (QED) is 0.926. The molecule has 1 aliphatic carbocycles. The highest BCUT2D eigenvalue weighted by Crippen LogP contribution is 2.32. The summed E-state index contributed by atoms with van der Waals surface area (Å²) >= 11 is 0. The SMILES string of the molecule is CC(C)c1cccc(NC(=O)C2CCN(C(=O)C3CC3)CC2)c1. The molecule has 1 aromatic rings. The van der Waals surface area contributed by atoms with Gasteiger partial charge >= 0.3 is 0 Å². The number of hydrogen-bond donors (Lipinski definition) is 1. The number of hydrogen-bond acceptors (Lipinski definition) is 2. The van der Waals surface area contributed by atoms with Crippen LogP contribution in [0, 0.1) is 11.8 Å². The van der Waals surface area contributed by atoms with E-state index in [1.54, 1.807) is 0 Å². The standard InChI is InChI=1S/C19H26N2O2/c1-13(2)16-4-3-5-17(12-16)20-18(22)14-8-10-21(11-9-14)19(23)15-6-7-15/h3-5,12-15H,6-11H2,1-2H3,(H,20,22). The molecule has 4 heteroatoms. The van der Waals surface area contributed by atoms with Crippen molar-refractivity contribution >= 4 is 17.5 Å². The summed E-state index contributed by atoms with van der Waals surface area (Å²) in [4.78, 5) is 26.5. The van der Waals surface area contributed by atoms with Crippen molar-refractivity contribution in [2.24, 2.45) is 11.8 Å². The van der Waals surface area contributed by atoms with Gasteiger partial charge in [-0.1, -0.05) is 26.0 Å². The van der Waals surface area contributed by atoms with Crippen molar-refractivity contribution in [1.29, 1.82) is 0 Å². The van der Waals surface area contributed by atoms with Gasteiger partial charge in [0.2, 0.25) is 11.8 Å². The molecule has 1 N–H and O–H groups in total. The van der Waals surface area contributed by atoms with E-state index in [1.165, 1.54) is 5.56 Å². The van der Waals surface area contributed by atoms with Crippen LogP contribution in [-0.4, -0.2) is 29.8 Å². The molecule has 2 fully saturated rings. The van der Waals surface area contributed by atoms with Crippen LogP contribution in [0.4, 0.5) is 5.69 Å². The van der Waals surface area contributed by atoms with E-state index in [2.05, 4.69) is 25.2 Å². The summed E-state index contributed by atoms with van der Waals surface area (Å²) in [7, 11) is 0. The number of carbonyl (C=O) groups excluding carboxylic acids is 2. The molecule has 0 spiro atoms. The van der Waals surface area contributed by atoms with E-state index in [4.69, 9.17) is 0 Å². The lowest BCUT2D eigenvalue weighted by molar-refractivity contribution is -0.135. The van der Waals surface area contributed by atoms with E-state index in [9.17, 15) is 9.59 Å². The van der Waals surface area contributed by atoms with Crippen LogP contribution in [0.2, 0.25) is 0 Å². The molecule has 124 valence electrons. The van der Waals surface area contributed by atoms with E-state index < -0.39 is 0 Å². The lowest BCUT2D eigenvalue weighted by Gasteiger charge is -2.31.